The molecule has 1 aromatic heterocycles. The van der Waals surface area contributed by atoms with Crippen molar-refractivity contribution in [1.29, 1.82) is 5.26 Å². The van der Waals surface area contributed by atoms with Gasteiger partial charge in [-0.15, -0.1) is 0 Å². The highest BCUT2D eigenvalue weighted by molar-refractivity contribution is 5.87. The summed E-state index contributed by atoms with van der Waals surface area (Å²) in [5, 5.41) is 9.54. The summed E-state index contributed by atoms with van der Waals surface area (Å²) in [6, 6.07) is 7.27. The molecule has 4 aliphatic rings. The number of aryl methyl sites for hydroxylation is 2. The van der Waals surface area contributed by atoms with Crippen molar-refractivity contribution in [2.75, 3.05) is 44.7 Å². The molecule has 0 bridgehead atoms. The predicted octanol–water partition coefficient (Wildman–Crippen LogP) is 4.24. The fourth-order valence-corrected chi connectivity index (χ4v) is 7.51. The van der Waals surface area contributed by atoms with Gasteiger partial charge in [0.1, 0.15) is 18.0 Å². The molecule has 0 unspecified atom stereocenters. The number of ether oxygens (including phenoxy) is 2. The second-order valence-electron chi connectivity index (χ2n) is 12.5. The van der Waals surface area contributed by atoms with Gasteiger partial charge >= 0.3 is 6.01 Å². The van der Waals surface area contributed by atoms with Crippen molar-refractivity contribution in [1.82, 2.24) is 19.8 Å². The number of aromatic nitrogens is 2. The van der Waals surface area contributed by atoms with Gasteiger partial charge in [0.15, 0.2) is 0 Å². The van der Waals surface area contributed by atoms with Crippen LogP contribution in [-0.2, 0) is 23.2 Å². The van der Waals surface area contributed by atoms with Gasteiger partial charge in [-0.2, -0.15) is 15.2 Å². The molecule has 0 saturated carbocycles. The van der Waals surface area contributed by atoms with E-state index >= 15 is 0 Å². The topological polar surface area (TPSA) is 94.8 Å². The van der Waals surface area contributed by atoms with E-state index in [9.17, 15) is 10.1 Å². The van der Waals surface area contributed by atoms with E-state index in [0.29, 0.717) is 44.2 Å². The predicted molar refractivity (Wildman–Crippen MR) is 161 cm³/mol. The third-order valence-corrected chi connectivity index (χ3v) is 9.76. The van der Waals surface area contributed by atoms with Crippen molar-refractivity contribution >= 4 is 11.7 Å². The molecule has 2 fully saturated rings. The lowest BCUT2D eigenvalue weighted by molar-refractivity contribution is -0.128. The van der Waals surface area contributed by atoms with Gasteiger partial charge < -0.3 is 24.2 Å². The number of rotatable bonds is 6. The molecule has 222 valence electrons. The number of anilines is 1. The molecular weight excluding hydrogens is 528 g/mol. The normalized spacial score (nSPS) is 25.4. The van der Waals surface area contributed by atoms with Crippen LogP contribution in [0, 0.1) is 25.2 Å². The largest absolute Gasteiger partial charge is 0.466 e. The molecule has 0 radical (unpaired) electrons. The maximum Gasteiger partial charge on any atom is 0.321 e. The van der Waals surface area contributed by atoms with E-state index < -0.39 is 5.60 Å². The van der Waals surface area contributed by atoms with Crippen LogP contribution in [0.2, 0.25) is 0 Å². The zero-order chi connectivity index (χ0) is 29.4. The van der Waals surface area contributed by atoms with Gasteiger partial charge in [0, 0.05) is 25.7 Å². The van der Waals surface area contributed by atoms with E-state index in [-0.39, 0.29) is 18.4 Å². The molecule has 6 rings (SSSR count). The minimum absolute atomic E-state index is 0.142. The maximum absolute atomic E-state index is 12.6. The van der Waals surface area contributed by atoms with Crippen molar-refractivity contribution in [2.45, 2.75) is 82.9 Å². The zero-order valence-corrected chi connectivity index (χ0v) is 25.2. The van der Waals surface area contributed by atoms with Gasteiger partial charge in [-0.25, -0.2) is 0 Å². The lowest BCUT2D eigenvalue weighted by Crippen LogP contribution is -2.55. The standard InChI is InChI=1S/C33H42N6O3/c1-5-29(40)39-17-16-38(20-24(39)11-14-34)30-27-10-13-33(12-6-9-26-23(3)18-22(2)19-28(26)33)42-31(27)36-32(35-30)41-21-25-8-7-15-37(25)4/h5,18-19,24-25H,1,6-13,15-17,20-21H2,2-4H3/t24-,25-,33-/m0/s1. The van der Waals surface area contributed by atoms with E-state index in [4.69, 9.17) is 19.4 Å². The highest BCUT2D eigenvalue weighted by Crippen LogP contribution is 2.49. The van der Waals surface area contributed by atoms with Crippen LogP contribution in [0.25, 0.3) is 0 Å². The number of carbonyl (C=O) groups excluding carboxylic acids is 1. The fraction of sp³-hybridized carbons (Fsp3) is 0.576. The Morgan fingerprint density at radius 1 is 1.17 bits per heavy atom. The van der Waals surface area contributed by atoms with Crippen LogP contribution in [-0.4, -0.2) is 77.6 Å². The summed E-state index contributed by atoms with van der Waals surface area (Å²) in [7, 11) is 2.14. The lowest BCUT2D eigenvalue weighted by atomic mass is 9.73. The molecule has 2 saturated heterocycles. The number of carbonyl (C=O) groups is 1. The molecule has 1 aliphatic carbocycles. The van der Waals surface area contributed by atoms with E-state index in [1.54, 1.807) is 4.90 Å². The number of likely N-dealkylation sites (N-methyl/N-ethyl adjacent to an activating group) is 1. The van der Waals surface area contributed by atoms with Crippen molar-refractivity contribution in [3.8, 4) is 18.0 Å². The summed E-state index contributed by atoms with van der Waals surface area (Å²) in [4.78, 5) is 28.7. The first-order valence-corrected chi connectivity index (χ1v) is 15.4. The molecule has 42 heavy (non-hydrogen) atoms. The lowest BCUT2D eigenvalue weighted by Gasteiger charge is -2.45. The Hall–Kier alpha value is -3.64. The molecule has 0 N–H and O–H groups in total. The number of hydrogen-bond donors (Lipinski definition) is 0. The van der Waals surface area contributed by atoms with Crippen molar-refractivity contribution in [2.24, 2.45) is 0 Å². The quantitative estimate of drug-likeness (QED) is 0.476. The molecular formula is C33H42N6O3. The van der Waals surface area contributed by atoms with Gasteiger partial charge in [-0.3, -0.25) is 4.79 Å². The van der Waals surface area contributed by atoms with E-state index in [2.05, 4.69) is 55.5 Å². The summed E-state index contributed by atoms with van der Waals surface area (Å²) < 4.78 is 13.3. The van der Waals surface area contributed by atoms with E-state index in [0.717, 1.165) is 56.5 Å². The van der Waals surface area contributed by atoms with E-state index in [1.807, 2.05) is 0 Å². The van der Waals surface area contributed by atoms with Crippen molar-refractivity contribution in [3.63, 3.8) is 0 Å². The Balaban J connectivity index is 1.36. The van der Waals surface area contributed by atoms with Crippen LogP contribution >= 0.6 is 0 Å². The number of piperazine rings is 1. The molecule has 3 aliphatic heterocycles. The molecule has 1 amide bonds. The highest BCUT2D eigenvalue weighted by atomic mass is 16.5. The third-order valence-electron chi connectivity index (χ3n) is 9.76. The second-order valence-corrected chi connectivity index (χ2v) is 12.5. The third kappa shape index (κ3) is 5.22. The summed E-state index contributed by atoms with van der Waals surface area (Å²) in [6.45, 7) is 11.2. The van der Waals surface area contributed by atoms with Crippen LogP contribution < -0.4 is 14.4 Å². The van der Waals surface area contributed by atoms with Gasteiger partial charge in [0.25, 0.3) is 0 Å². The summed E-state index contributed by atoms with van der Waals surface area (Å²) in [6.07, 6.45) is 8.59. The fourth-order valence-electron chi connectivity index (χ4n) is 7.51. The number of fused-ring (bicyclic) bond motifs is 3. The maximum atomic E-state index is 12.6. The molecule has 9 nitrogen and oxygen atoms in total. The summed E-state index contributed by atoms with van der Waals surface area (Å²) in [5.74, 6) is 1.26. The van der Waals surface area contributed by atoms with Gasteiger partial charge in [-0.05, 0) is 95.2 Å². The Morgan fingerprint density at radius 3 is 2.79 bits per heavy atom. The second kappa shape index (κ2) is 11.6. The Kier molecular flexibility index (Phi) is 7.84. The number of benzene rings is 1. The Morgan fingerprint density at radius 2 is 2.02 bits per heavy atom. The van der Waals surface area contributed by atoms with Crippen LogP contribution in [0.5, 0.6) is 11.9 Å². The summed E-state index contributed by atoms with van der Waals surface area (Å²) in [5.41, 5.74) is 5.88. The van der Waals surface area contributed by atoms with Gasteiger partial charge in [0.05, 0.1) is 24.1 Å². The number of hydrogen-bond acceptors (Lipinski definition) is 8. The molecule has 1 aromatic carbocycles. The van der Waals surface area contributed by atoms with Crippen molar-refractivity contribution < 1.29 is 14.3 Å². The molecule has 1 spiro atoms. The van der Waals surface area contributed by atoms with Crippen LogP contribution in [0.4, 0.5) is 5.82 Å². The van der Waals surface area contributed by atoms with E-state index in [1.165, 1.54) is 34.8 Å². The minimum Gasteiger partial charge on any atom is -0.466 e. The summed E-state index contributed by atoms with van der Waals surface area (Å²) >= 11 is 0. The average Bonchev–Trinajstić information content (AvgIpc) is 3.40. The Labute approximate surface area is 249 Å². The first kappa shape index (κ1) is 28.5. The smallest absolute Gasteiger partial charge is 0.321 e. The van der Waals surface area contributed by atoms with Crippen LogP contribution in [0.1, 0.15) is 66.3 Å². The first-order chi connectivity index (χ1) is 20.3. The van der Waals surface area contributed by atoms with Crippen molar-refractivity contribution in [3.05, 3.63) is 52.6 Å². The SMILES string of the molecule is C=CC(=O)N1CCN(c2nc(OC[C@@H]3CCCN3C)nc3c2CC[C@]2(CCCc4c(C)cc(C)cc42)O3)C[C@@H]1CC#N. The zero-order valence-electron chi connectivity index (χ0n) is 25.2. The number of likely N-dealkylation sites (tertiary alicyclic amines) is 1. The molecule has 2 aromatic rings. The van der Waals surface area contributed by atoms with Gasteiger partial charge in [0.2, 0.25) is 11.8 Å². The highest BCUT2D eigenvalue weighted by Gasteiger charge is 2.44. The van der Waals surface area contributed by atoms with Gasteiger partial charge in [-0.1, -0.05) is 24.3 Å². The van der Waals surface area contributed by atoms with Crippen LogP contribution in [0.3, 0.4) is 0 Å². The number of nitriles is 1. The Bertz CT molecular complexity index is 1420. The number of amides is 1. The molecule has 9 heteroatoms. The molecule has 4 heterocycles. The van der Waals surface area contributed by atoms with Crippen LogP contribution in [0.15, 0.2) is 24.8 Å². The first-order valence-electron chi connectivity index (χ1n) is 15.4. The molecule has 3 atom stereocenters. The minimum atomic E-state index is -0.412. The monoisotopic (exact) mass is 570 g/mol. The average molecular weight is 571 g/mol. The number of nitrogens with zero attached hydrogens (tertiary/aromatic N) is 6.